The molecule has 0 aliphatic rings. The number of nitrogens with two attached hydrogens (primary N) is 1. The largest absolute Gasteiger partial charge is 0.497 e. The van der Waals surface area contributed by atoms with Crippen molar-refractivity contribution in [2.75, 3.05) is 7.11 Å². The number of methoxy groups -OCH3 is 1. The molecule has 4 heteroatoms. The van der Waals surface area contributed by atoms with Crippen LogP contribution in [0.15, 0.2) is 72.4 Å². The predicted molar refractivity (Wildman–Crippen MR) is 118 cm³/mol. The number of hydrogen-bond donors (Lipinski definition) is 1. The Labute approximate surface area is 169 Å². The number of nitrogens with zero attached hydrogens (tertiary/aromatic N) is 1. The molecule has 4 aromatic rings. The van der Waals surface area contributed by atoms with E-state index in [1.807, 2.05) is 24.5 Å². The van der Waals surface area contributed by atoms with Gasteiger partial charge in [0.1, 0.15) is 5.75 Å². The SMILES string of the molecule is COc1ccc(C[C@H](N)CCc2csc(-c3ccc4cnccc4c3)c2)cc1. The van der Waals surface area contributed by atoms with Crippen molar-refractivity contribution in [3.8, 4) is 16.2 Å². The highest BCUT2D eigenvalue weighted by Gasteiger charge is 2.08. The summed E-state index contributed by atoms with van der Waals surface area (Å²) >= 11 is 1.80. The summed E-state index contributed by atoms with van der Waals surface area (Å²) in [4.78, 5) is 5.49. The molecule has 0 bridgehead atoms. The zero-order chi connectivity index (χ0) is 19.3. The van der Waals surface area contributed by atoms with Crippen LogP contribution in [0.4, 0.5) is 0 Å². The molecule has 2 aromatic carbocycles. The second-order valence-corrected chi connectivity index (χ2v) is 8.02. The Morgan fingerprint density at radius 3 is 2.68 bits per heavy atom. The molecule has 28 heavy (non-hydrogen) atoms. The number of rotatable bonds is 7. The number of aryl methyl sites for hydroxylation is 1. The summed E-state index contributed by atoms with van der Waals surface area (Å²) in [5, 5.41) is 4.66. The lowest BCUT2D eigenvalue weighted by atomic mass is 10.0. The molecule has 0 unspecified atom stereocenters. The quantitative estimate of drug-likeness (QED) is 0.456. The first-order valence-electron chi connectivity index (χ1n) is 9.51. The Balaban J connectivity index is 1.37. The molecule has 4 rings (SSSR count). The molecular formula is C24H24N2OS. The van der Waals surface area contributed by atoms with Gasteiger partial charge in [0.15, 0.2) is 0 Å². The predicted octanol–water partition coefficient (Wildman–Crippen LogP) is 5.47. The van der Waals surface area contributed by atoms with Crippen LogP contribution in [0.3, 0.4) is 0 Å². The molecule has 0 radical (unpaired) electrons. The first kappa shape index (κ1) is 18.7. The summed E-state index contributed by atoms with van der Waals surface area (Å²) in [5.74, 6) is 0.882. The van der Waals surface area contributed by atoms with E-state index >= 15 is 0 Å². The normalized spacial score (nSPS) is 12.2. The van der Waals surface area contributed by atoms with Crippen molar-refractivity contribution in [2.45, 2.75) is 25.3 Å². The van der Waals surface area contributed by atoms with Gasteiger partial charge in [0.05, 0.1) is 7.11 Å². The fourth-order valence-electron chi connectivity index (χ4n) is 3.41. The minimum absolute atomic E-state index is 0.157. The molecule has 0 saturated carbocycles. The summed E-state index contributed by atoms with van der Waals surface area (Å²) in [6.45, 7) is 0. The van der Waals surface area contributed by atoms with Gasteiger partial charge in [0, 0.05) is 28.7 Å². The molecule has 2 N–H and O–H groups in total. The van der Waals surface area contributed by atoms with Gasteiger partial charge in [-0.25, -0.2) is 0 Å². The van der Waals surface area contributed by atoms with Crippen molar-refractivity contribution in [2.24, 2.45) is 5.73 Å². The third kappa shape index (κ3) is 4.41. The van der Waals surface area contributed by atoms with Crippen LogP contribution in [0.1, 0.15) is 17.5 Å². The Morgan fingerprint density at radius 1 is 1.00 bits per heavy atom. The molecule has 0 spiro atoms. The van der Waals surface area contributed by atoms with Gasteiger partial charge in [0.25, 0.3) is 0 Å². The van der Waals surface area contributed by atoms with E-state index in [-0.39, 0.29) is 6.04 Å². The standard InChI is InChI=1S/C24H24N2OS/c1-27-23-8-3-17(4-9-23)12-22(25)7-2-18-13-24(28-16-18)20-5-6-21-15-26-11-10-19(21)14-20/h3-6,8-11,13-16,22H,2,7,12,25H2,1H3/t22-/m1/s1. The smallest absolute Gasteiger partial charge is 0.118 e. The zero-order valence-corrected chi connectivity index (χ0v) is 16.8. The molecule has 0 aliphatic heterocycles. The number of fused-ring (bicyclic) bond motifs is 1. The molecule has 0 saturated heterocycles. The molecule has 0 fully saturated rings. The first-order chi connectivity index (χ1) is 13.7. The Morgan fingerprint density at radius 2 is 1.86 bits per heavy atom. The van der Waals surface area contributed by atoms with E-state index in [0.29, 0.717) is 0 Å². The molecule has 0 amide bonds. The van der Waals surface area contributed by atoms with Gasteiger partial charge in [-0.15, -0.1) is 11.3 Å². The molecule has 1 atom stereocenters. The van der Waals surface area contributed by atoms with E-state index in [0.717, 1.165) is 25.0 Å². The minimum Gasteiger partial charge on any atom is -0.497 e. The second-order valence-electron chi connectivity index (χ2n) is 7.11. The summed E-state index contributed by atoms with van der Waals surface area (Å²) in [6.07, 6.45) is 6.62. The van der Waals surface area contributed by atoms with Crippen LogP contribution in [0.2, 0.25) is 0 Å². The van der Waals surface area contributed by atoms with Crippen LogP contribution in [0.5, 0.6) is 5.75 Å². The fraction of sp³-hybridized carbons (Fsp3) is 0.208. The number of benzene rings is 2. The lowest BCUT2D eigenvalue weighted by Crippen LogP contribution is -2.23. The summed E-state index contributed by atoms with van der Waals surface area (Å²) in [6, 6.07) is 19.2. The van der Waals surface area contributed by atoms with Gasteiger partial charge in [0.2, 0.25) is 0 Å². The Hall–Kier alpha value is -2.69. The summed E-state index contributed by atoms with van der Waals surface area (Å²) in [5.41, 5.74) is 10.2. The molecule has 0 aliphatic carbocycles. The average Bonchev–Trinajstić information content (AvgIpc) is 3.21. The first-order valence-corrected chi connectivity index (χ1v) is 10.4. The molecule has 3 nitrogen and oxygen atoms in total. The number of pyridine rings is 1. The maximum atomic E-state index is 6.37. The maximum absolute atomic E-state index is 6.37. The van der Waals surface area contributed by atoms with Gasteiger partial charge in [-0.1, -0.05) is 24.3 Å². The van der Waals surface area contributed by atoms with Crippen molar-refractivity contribution >= 4 is 22.1 Å². The average molecular weight is 389 g/mol. The summed E-state index contributed by atoms with van der Waals surface area (Å²) in [7, 11) is 1.69. The molecule has 2 heterocycles. The van der Waals surface area contributed by atoms with Crippen LogP contribution in [-0.4, -0.2) is 18.1 Å². The van der Waals surface area contributed by atoms with E-state index in [9.17, 15) is 0 Å². The van der Waals surface area contributed by atoms with Crippen molar-refractivity contribution in [3.63, 3.8) is 0 Å². The van der Waals surface area contributed by atoms with E-state index in [1.54, 1.807) is 18.4 Å². The van der Waals surface area contributed by atoms with Crippen LogP contribution in [0, 0.1) is 0 Å². The van der Waals surface area contributed by atoms with Gasteiger partial charge in [-0.3, -0.25) is 4.98 Å². The van der Waals surface area contributed by atoms with Crippen molar-refractivity contribution in [1.29, 1.82) is 0 Å². The van der Waals surface area contributed by atoms with E-state index in [2.05, 4.69) is 52.8 Å². The zero-order valence-electron chi connectivity index (χ0n) is 16.0. The van der Waals surface area contributed by atoms with Gasteiger partial charge < -0.3 is 10.5 Å². The van der Waals surface area contributed by atoms with Crippen molar-refractivity contribution in [3.05, 3.63) is 83.5 Å². The summed E-state index contributed by atoms with van der Waals surface area (Å²) < 4.78 is 5.21. The van der Waals surface area contributed by atoms with Crippen LogP contribution in [0.25, 0.3) is 21.2 Å². The van der Waals surface area contributed by atoms with Gasteiger partial charge in [-0.05, 0) is 77.1 Å². The van der Waals surface area contributed by atoms with Crippen molar-refractivity contribution < 1.29 is 4.74 Å². The lowest BCUT2D eigenvalue weighted by molar-refractivity contribution is 0.414. The number of ether oxygens (including phenoxy) is 1. The fourth-order valence-corrected chi connectivity index (χ4v) is 4.36. The van der Waals surface area contributed by atoms with Crippen LogP contribution in [-0.2, 0) is 12.8 Å². The van der Waals surface area contributed by atoms with Crippen LogP contribution < -0.4 is 10.5 Å². The highest BCUT2D eigenvalue weighted by molar-refractivity contribution is 7.13. The highest BCUT2D eigenvalue weighted by Crippen LogP contribution is 2.30. The lowest BCUT2D eigenvalue weighted by Gasteiger charge is -2.11. The van der Waals surface area contributed by atoms with Crippen molar-refractivity contribution in [1.82, 2.24) is 4.98 Å². The Bertz CT molecular complexity index is 1060. The topological polar surface area (TPSA) is 48.1 Å². The number of thiophene rings is 1. The van der Waals surface area contributed by atoms with E-state index in [1.165, 1.54) is 32.3 Å². The Kier molecular flexibility index (Phi) is 5.70. The third-order valence-corrected chi connectivity index (χ3v) is 6.07. The molecule has 142 valence electrons. The highest BCUT2D eigenvalue weighted by atomic mass is 32.1. The van der Waals surface area contributed by atoms with E-state index < -0.39 is 0 Å². The monoisotopic (exact) mass is 388 g/mol. The van der Waals surface area contributed by atoms with Gasteiger partial charge >= 0.3 is 0 Å². The second kappa shape index (κ2) is 8.55. The van der Waals surface area contributed by atoms with Gasteiger partial charge in [-0.2, -0.15) is 0 Å². The number of hydrogen-bond acceptors (Lipinski definition) is 4. The third-order valence-electron chi connectivity index (χ3n) is 5.04. The molecular weight excluding hydrogens is 364 g/mol. The maximum Gasteiger partial charge on any atom is 0.118 e. The molecule has 2 aromatic heterocycles. The number of aromatic nitrogens is 1. The minimum atomic E-state index is 0.157. The van der Waals surface area contributed by atoms with E-state index in [4.69, 9.17) is 10.5 Å². The van der Waals surface area contributed by atoms with Crippen LogP contribution >= 0.6 is 11.3 Å².